The van der Waals surface area contributed by atoms with E-state index in [0.717, 1.165) is 56.9 Å². The fourth-order valence-corrected chi connectivity index (χ4v) is 5.80. The quantitative estimate of drug-likeness (QED) is 0.644. The molecule has 184 valence electrons. The lowest BCUT2D eigenvalue weighted by Crippen LogP contribution is -2.52. The third-order valence-electron chi connectivity index (χ3n) is 7.97. The summed E-state index contributed by atoms with van der Waals surface area (Å²) in [5, 5.41) is 2.35. The van der Waals surface area contributed by atoms with Gasteiger partial charge in [-0.05, 0) is 67.8 Å². The lowest BCUT2D eigenvalue weighted by molar-refractivity contribution is -0.136. The molecule has 2 atom stereocenters. The molecule has 8 heteroatoms. The molecule has 34 heavy (non-hydrogen) atoms. The van der Waals surface area contributed by atoms with Crippen molar-refractivity contribution in [2.45, 2.75) is 70.5 Å². The zero-order valence-electron chi connectivity index (χ0n) is 20.0. The minimum absolute atomic E-state index is 0.154. The number of nitrogens with one attached hydrogen (secondary N) is 1. The maximum absolute atomic E-state index is 12.9. The summed E-state index contributed by atoms with van der Waals surface area (Å²) >= 11 is 0. The van der Waals surface area contributed by atoms with Gasteiger partial charge in [0.15, 0.2) is 0 Å². The maximum Gasteiger partial charge on any atom is 0.255 e. The van der Waals surface area contributed by atoms with Crippen LogP contribution in [0.1, 0.15) is 67.8 Å². The summed E-state index contributed by atoms with van der Waals surface area (Å²) in [6.45, 7) is 7.30. The van der Waals surface area contributed by atoms with Crippen molar-refractivity contribution in [2.24, 2.45) is 5.41 Å². The number of amides is 3. The zero-order valence-corrected chi connectivity index (χ0v) is 20.0. The highest BCUT2D eigenvalue weighted by Crippen LogP contribution is 2.34. The predicted molar refractivity (Wildman–Crippen MR) is 125 cm³/mol. The van der Waals surface area contributed by atoms with Gasteiger partial charge in [-0.1, -0.05) is 13.3 Å². The molecule has 2 unspecified atom stereocenters. The number of likely N-dealkylation sites (tertiary alicyclic amines) is 1. The van der Waals surface area contributed by atoms with Crippen molar-refractivity contribution in [1.82, 2.24) is 15.1 Å². The number of piperidine rings is 2. The van der Waals surface area contributed by atoms with Gasteiger partial charge in [0.25, 0.3) is 5.91 Å². The minimum Gasteiger partial charge on any atom is -0.492 e. The van der Waals surface area contributed by atoms with Crippen LogP contribution < -0.4 is 10.1 Å². The van der Waals surface area contributed by atoms with Crippen molar-refractivity contribution >= 4 is 17.7 Å². The number of benzene rings is 1. The maximum atomic E-state index is 12.9. The second kappa shape index (κ2) is 9.66. The summed E-state index contributed by atoms with van der Waals surface area (Å²) in [6, 6.07) is 5.40. The van der Waals surface area contributed by atoms with Crippen LogP contribution in [0.2, 0.25) is 0 Å². The highest BCUT2D eigenvalue weighted by atomic mass is 16.5. The predicted octanol–water partition coefficient (Wildman–Crippen LogP) is 2.50. The minimum atomic E-state index is -0.593. The lowest BCUT2D eigenvalue weighted by Gasteiger charge is -2.43. The molecule has 1 aromatic rings. The molecule has 1 aromatic carbocycles. The van der Waals surface area contributed by atoms with Crippen molar-refractivity contribution in [1.29, 1.82) is 0 Å². The monoisotopic (exact) mass is 469 g/mol. The van der Waals surface area contributed by atoms with E-state index in [1.165, 1.54) is 12.8 Å². The van der Waals surface area contributed by atoms with Gasteiger partial charge >= 0.3 is 0 Å². The van der Waals surface area contributed by atoms with Gasteiger partial charge in [0.1, 0.15) is 18.4 Å². The first-order valence-electron chi connectivity index (χ1n) is 12.6. The summed E-state index contributed by atoms with van der Waals surface area (Å²) < 4.78 is 11.8. The van der Waals surface area contributed by atoms with Crippen LogP contribution in [0.15, 0.2) is 18.2 Å². The third kappa shape index (κ3) is 4.84. The van der Waals surface area contributed by atoms with Crippen molar-refractivity contribution < 1.29 is 23.9 Å². The third-order valence-corrected chi connectivity index (χ3v) is 7.97. The molecule has 4 heterocycles. The van der Waals surface area contributed by atoms with Crippen LogP contribution in [-0.2, 0) is 20.9 Å². The van der Waals surface area contributed by atoms with E-state index >= 15 is 0 Å². The smallest absolute Gasteiger partial charge is 0.255 e. The van der Waals surface area contributed by atoms with E-state index in [1.54, 1.807) is 11.0 Å². The second-order valence-corrected chi connectivity index (χ2v) is 10.6. The molecule has 3 saturated heterocycles. The molecule has 0 spiro atoms. The first kappa shape index (κ1) is 23.3. The standard InChI is InChI=1S/C26H35N3O5/c1-26(9-12-33-13-10-26)17-28-11-3-2-4-19(28)16-34-20-5-6-21-18(14-20)15-29(25(21)32)22-7-8-23(30)27-24(22)31/h5-6,14,19,22H,2-4,7-13,15-17H2,1H3,(H,27,30,31). The van der Waals surface area contributed by atoms with E-state index < -0.39 is 6.04 Å². The fraction of sp³-hybridized carbons (Fsp3) is 0.654. The fourth-order valence-electron chi connectivity index (χ4n) is 5.80. The number of imide groups is 1. The first-order valence-corrected chi connectivity index (χ1v) is 12.6. The largest absolute Gasteiger partial charge is 0.492 e. The Labute approximate surface area is 200 Å². The van der Waals surface area contributed by atoms with Gasteiger partial charge in [0.2, 0.25) is 11.8 Å². The molecule has 4 aliphatic rings. The molecular formula is C26H35N3O5. The van der Waals surface area contributed by atoms with E-state index in [9.17, 15) is 14.4 Å². The average molecular weight is 470 g/mol. The molecule has 4 aliphatic heterocycles. The van der Waals surface area contributed by atoms with Crippen molar-refractivity contribution in [3.63, 3.8) is 0 Å². The van der Waals surface area contributed by atoms with E-state index in [4.69, 9.17) is 9.47 Å². The van der Waals surface area contributed by atoms with Gasteiger partial charge in [0.05, 0.1) is 0 Å². The molecule has 3 amide bonds. The number of carbonyl (C=O) groups excluding carboxylic acids is 3. The Hall–Kier alpha value is -2.45. The van der Waals surface area contributed by atoms with Crippen LogP contribution in [0.3, 0.4) is 0 Å². The molecule has 3 fully saturated rings. The number of nitrogens with zero attached hydrogens (tertiary/aromatic N) is 2. The van der Waals surface area contributed by atoms with E-state index in [0.29, 0.717) is 36.6 Å². The average Bonchev–Trinajstić information content (AvgIpc) is 3.14. The van der Waals surface area contributed by atoms with Gasteiger partial charge in [-0.25, -0.2) is 0 Å². The number of hydrogen-bond acceptors (Lipinski definition) is 6. The molecule has 1 N–H and O–H groups in total. The van der Waals surface area contributed by atoms with Crippen LogP contribution in [-0.4, -0.2) is 72.5 Å². The van der Waals surface area contributed by atoms with Crippen LogP contribution in [0.4, 0.5) is 0 Å². The summed E-state index contributed by atoms with van der Waals surface area (Å²) in [7, 11) is 0. The highest BCUT2D eigenvalue weighted by Gasteiger charge is 2.39. The Morgan fingerprint density at radius 2 is 1.97 bits per heavy atom. The van der Waals surface area contributed by atoms with Crippen molar-refractivity contribution in [2.75, 3.05) is 32.9 Å². The van der Waals surface area contributed by atoms with Gasteiger partial charge in [0, 0.05) is 44.3 Å². The molecule has 5 rings (SSSR count). The Morgan fingerprint density at radius 1 is 1.15 bits per heavy atom. The van der Waals surface area contributed by atoms with E-state index in [-0.39, 0.29) is 24.1 Å². The molecule has 8 nitrogen and oxygen atoms in total. The first-order chi connectivity index (χ1) is 16.4. The van der Waals surface area contributed by atoms with Crippen LogP contribution in [0, 0.1) is 5.41 Å². The number of hydrogen-bond donors (Lipinski definition) is 1. The van der Waals surface area contributed by atoms with Gasteiger partial charge in [-0.2, -0.15) is 0 Å². The zero-order chi connectivity index (χ0) is 23.7. The number of rotatable bonds is 6. The Bertz CT molecular complexity index is 958. The highest BCUT2D eigenvalue weighted by molar-refractivity contribution is 6.05. The molecule has 0 aromatic heterocycles. The second-order valence-electron chi connectivity index (χ2n) is 10.6. The number of fused-ring (bicyclic) bond motifs is 1. The van der Waals surface area contributed by atoms with E-state index in [1.807, 2.05) is 12.1 Å². The molecule has 0 saturated carbocycles. The lowest BCUT2D eigenvalue weighted by atomic mass is 9.81. The summed E-state index contributed by atoms with van der Waals surface area (Å²) in [5.74, 6) is -0.0492. The normalized spacial score (nSPS) is 27.4. The Kier molecular flexibility index (Phi) is 6.62. The molecule has 0 aliphatic carbocycles. The van der Waals surface area contributed by atoms with Crippen LogP contribution in [0.5, 0.6) is 5.75 Å². The van der Waals surface area contributed by atoms with Crippen LogP contribution >= 0.6 is 0 Å². The van der Waals surface area contributed by atoms with Gasteiger partial charge in [-0.3, -0.25) is 24.6 Å². The molecule has 0 radical (unpaired) electrons. The van der Waals surface area contributed by atoms with E-state index in [2.05, 4.69) is 17.1 Å². The number of carbonyl (C=O) groups is 3. The van der Waals surface area contributed by atoms with Crippen molar-refractivity contribution in [3.8, 4) is 5.75 Å². The summed E-state index contributed by atoms with van der Waals surface area (Å²) in [4.78, 5) is 40.8. The number of ether oxygens (including phenoxy) is 2. The molecular weight excluding hydrogens is 434 g/mol. The topological polar surface area (TPSA) is 88.2 Å². The summed E-state index contributed by atoms with van der Waals surface area (Å²) in [6.07, 6.45) is 6.45. The van der Waals surface area contributed by atoms with Crippen LogP contribution in [0.25, 0.3) is 0 Å². The SMILES string of the molecule is CC1(CN2CCCCC2COc2ccc3c(c2)CN(C2CCC(=O)NC2=O)C3=O)CCOCC1. The van der Waals surface area contributed by atoms with Gasteiger partial charge < -0.3 is 14.4 Å². The molecule has 0 bridgehead atoms. The Morgan fingerprint density at radius 3 is 2.76 bits per heavy atom. The summed E-state index contributed by atoms with van der Waals surface area (Å²) in [5.41, 5.74) is 1.80. The Balaban J connectivity index is 1.21. The van der Waals surface area contributed by atoms with Crippen molar-refractivity contribution in [3.05, 3.63) is 29.3 Å². The van der Waals surface area contributed by atoms with Gasteiger partial charge in [-0.15, -0.1) is 0 Å².